The van der Waals surface area contributed by atoms with E-state index in [9.17, 15) is 9.59 Å². The van der Waals surface area contributed by atoms with Crippen LogP contribution in [0.15, 0.2) is 0 Å². The van der Waals surface area contributed by atoms with Crippen molar-refractivity contribution in [1.29, 1.82) is 0 Å². The molecule has 32 heavy (non-hydrogen) atoms. The Labute approximate surface area is 199 Å². The zero-order valence-electron chi connectivity index (χ0n) is 21.9. The number of esters is 2. The summed E-state index contributed by atoms with van der Waals surface area (Å²) in [5, 5.41) is 0. The van der Waals surface area contributed by atoms with Gasteiger partial charge in [-0.2, -0.15) is 0 Å². The number of unbranched alkanes of at least 4 members (excludes halogenated alkanes) is 15. The molecular weight excluding hydrogens is 400 g/mol. The van der Waals surface area contributed by atoms with Crippen LogP contribution in [0.4, 0.5) is 0 Å². The van der Waals surface area contributed by atoms with Gasteiger partial charge in [-0.3, -0.25) is 9.59 Å². The highest BCUT2D eigenvalue weighted by molar-refractivity contribution is 5.69. The van der Waals surface area contributed by atoms with Crippen LogP contribution in [0.25, 0.3) is 0 Å². The van der Waals surface area contributed by atoms with E-state index in [0.717, 1.165) is 25.7 Å². The maximum atomic E-state index is 11.5. The molecule has 0 aromatic rings. The number of hydrogen-bond donors (Lipinski definition) is 0. The first kappa shape index (κ1) is 30.9. The molecular formula is C28H54O4. The second-order valence-corrected chi connectivity index (χ2v) is 10.3. The summed E-state index contributed by atoms with van der Waals surface area (Å²) in [5.41, 5.74) is 0. The van der Waals surface area contributed by atoms with Crippen LogP contribution in [-0.2, 0) is 19.1 Å². The summed E-state index contributed by atoms with van der Waals surface area (Å²) in [5.74, 6) is 0.789. The Morgan fingerprint density at radius 3 is 0.875 bits per heavy atom. The van der Waals surface area contributed by atoms with Crippen molar-refractivity contribution < 1.29 is 19.1 Å². The summed E-state index contributed by atoms with van der Waals surface area (Å²) in [6.07, 6.45) is 21.4. The van der Waals surface area contributed by atoms with Crippen LogP contribution < -0.4 is 0 Å². The van der Waals surface area contributed by atoms with Crippen molar-refractivity contribution in [3.63, 3.8) is 0 Å². The van der Waals surface area contributed by atoms with E-state index in [-0.39, 0.29) is 11.9 Å². The van der Waals surface area contributed by atoms with Gasteiger partial charge in [0.1, 0.15) is 0 Å². The minimum absolute atomic E-state index is 0.0298. The van der Waals surface area contributed by atoms with E-state index in [2.05, 4.69) is 27.7 Å². The van der Waals surface area contributed by atoms with Gasteiger partial charge in [-0.25, -0.2) is 0 Å². The standard InChI is InChI=1S/C28H54O4/c1-25(2)23-31-27(29)21-19-17-15-13-11-9-7-5-6-8-10-12-14-16-18-20-22-28(30)32-24-26(3)4/h25-26H,5-24H2,1-4H3. The fraction of sp³-hybridized carbons (Fsp3) is 0.929. The predicted molar refractivity (Wildman–Crippen MR) is 135 cm³/mol. The average Bonchev–Trinajstić information content (AvgIpc) is 2.75. The van der Waals surface area contributed by atoms with Crippen LogP contribution in [0, 0.1) is 11.8 Å². The molecule has 190 valence electrons. The first-order valence-electron chi connectivity index (χ1n) is 13.7. The largest absolute Gasteiger partial charge is 0.465 e. The van der Waals surface area contributed by atoms with Crippen LogP contribution in [-0.4, -0.2) is 25.2 Å². The van der Waals surface area contributed by atoms with Gasteiger partial charge in [0.2, 0.25) is 0 Å². The van der Waals surface area contributed by atoms with Gasteiger partial charge in [-0.05, 0) is 24.7 Å². The highest BCUT2D eigenvalue weighted by Gasteiger charge is 2.05. The Balaban J connectivity index is 3.16. The predicted octanol–water partition coefficient (Wildman–Crippen LogP) is 8.41. The van der Waals surface area contributed by atoms with Gasteiger partial charge in [-0.15, -0.1) is 0 Å². The SMILES string of the molecule is CC(C)COC(=O)CCCCCCCCCCCCCCCCCCC(=O)OCC(C)C. The molecule has 0 heterocycles. The Hall–Kier alpha value is -1.06. The molecule has 0 fully saturated rings. The van der Waals surface area contributed by atoms with Gasteiger partial charge in [0.25, 0.3) is 0 Å². The molecule has 4 nitrogen and oxygen atoms in total. The molecule has 0 aromatic heterocycles. The minimum Gasteiger partial charge on any atom is -0.465 e. The van der Waals surface area contributed by atoms with E-state index in [1.165, 1.54) is 77.0 Å². The van der Waals surface area contributed by atoms with E-state index in [1.807, 2.05) is 0 Å². The second kappa shape index (κ2) is 23.1. The molecule has 0 N–H and O–H groups in total. The number of carbonyl (C=O) groups excluding carboxylic acids is 2. The molecule has 0 aliphatic rings. The van der Waals surface area contributed by atoms with Gasteiger partial charge in [0.15, 0.2) is 0 Å². The van der Waals surface area contributed by atoms with E-state index in [4.69, 9.17) is 9.47 Å². The highest BCUT2D eigenvalue weighted by Crippen LogP contribution is 2.14. The molecule has 0 bridgehead atoms. The maximum Gasteiger partial charge on any atom is 0.305 e. The normalized spacial score (nSPS) is 11.3. The number of ether oxygens (including phenoxy) is 2. The quantitative estimate of drug-likeness (QED) is 0.115. The Bertz CT molecular complexity index is 391. The van der Waals surface area contributed by atoms with Gasteiger partial charge in [-0.1, -0.05) is 118 Å². The van der Waals surface area contributed by atoms with E-state index >= 15 is 0 Å². The molecule has 0 aliphatic carbocycles. The number of rotatable bonds is 23. The molecule has 4 heteroatoms. The summed E-state index contributed by atoms with van der Waals surface area (Å²) in [4.78, 5) is 23.1. The third-order valence-corrected chi connectivity index (χ3v) is 5.67. The molecule has 0 aromatic carbocycles. The molecule has 0 amide bonds. The van der Waals surface area contributed by atoms with Gasteiger partial charge < -0.3 is 9.47 Å². The molecule has 0 spiro atoms. The highest BCUT2D eigenvalue weighted by atomic mass is 16.5. The average molecular weight is 455 g/mol. The summed E-state index contributed by atoms with van der Waals surface area (Å²) in [6.45, 7) is 9.36. The van der Waals surface area contributed by atoms with E-state index in [1.54, 1.807) is 0 Å². The lowest BCUT2D eigenvalue weighted by Crippen LogP contribution is -2.09. The Kier molecular flexibility index (Phi) is 22.3. The van der Waals surface area contributed by atoms with Crippen LogP contribution in [0.2, 0.25) is 0 Å². The Morgan fingerprint density at radius 2 is 0.656 bits per heavy atom. The van der Waals surface area contributed by atoms with Crippen molar-refractivity contribution in [2.45, 2.75) is 143 Å². The van der Waals surface area contributed by atoms with Gasteiger partial charge in [0, 0.05) is 12.8 Å². The van der Waals surface area contributed by atoms with Crippen LogP contribution in [0.1, 0.15) is 143 Å². The van der Waals surface area contributed by atoms with Crippen molar-refractivity contribution in [2.24, 2.45) is 11.8 Å². The maximum absolute atomic E-state index is 11.5. The van der Waals surface area contributed by atoms with Crippen LogP contribution in [0.3, 0.4) is 0 Å². The van der Waals surface area contributed by atoms with Crippen molar-refractivity contribution in [2.75, 3.05) is 13.2 Å². The second-order valence-electron chi connectivity index (χ2n) is 10.3. The van der Waals surface area contributed by atoms with Crippen LogP contribution in [0.5, 0.6) is 0 Å². The summed E-state index contributed by atoms with van der Waals surface area (Å²) in [7, 11) is 0. The fourth-order valence-corrected chi connectivity index (χ4v) is 3.68. The Morgan fingerprint density at radius 1 is 0.438 bits per heavy atom. The zero-order valence-corrected chi connectivity index (χ0v) is 21.9. The molecule has 0 saturated carbocycles. The molecule has 0 radical (unpaired) electrons. The van der Waals surface area contributed by atoms with Crippen molar-refractivity contribution >= 4 is 11.9 Å². The number of carbonyl (C=O) groups is 2. The first-order valence-corrected chi connectivity index (χ1v) is 13.7. The van der Waals surface area contributed by atoms with E-state index < -0.39 is 0 Å². The first-order chi connectivity index (χ1) is 15.4. The van der Waals surface area contributed by atoms with Crippen molar-refractivity contribution in [1.82, 2.24) is 0 Å². The fourth-order valence-electron chi connectivity index (χ4n) is 3.68. The third kappa shape index (κ3) is 25.2. The third-order valence-electron chi connectivity index (χ3n) is 5.67. The number of hydrogen-bond acceptors (Lipinski definition) is 4. The zero-order chi connectivity index (χ0) is 23.9. The minimum atomic E-state index is -0.0298. The summed E-state index contributed by atoms with van der Waals surface area (Å²) < 4.78 is 10.4. The lowest BCUT2D eigenvalue weighted by molar-refractivity contribution is -0.145. The molecule has 0 aliphatic heterocycles. The molecule has 0 atom stereocenters. The smallest absolute Gasteiger partial charge is 0.305 e. The van der Waals surface area contributed by atoms with Gasteiger partial charge in [0.05, 0.1) is 13.2 Å². The van der Waals surface area contributed by atoms with Gasteiger partial charge >= 0.3 is 11.9 Å². The van der Waals surface area contributed by atoms with Crippen LogP contribution >= 0.6 is 0 Å². The molecule has 0 saturated heterocycles. The van der Waals surface area contributed by atoms with E-state index in [0.29, 0.717) is 37.9 Å². The monoisotopic (exact) mass is 454 g/mol. The van der Waals surface area contributed by atoms with Crippen molar-refractivity contribution in [3.8, 4) is 0 Å². The molecule has 0 rings (SSSR count). The molecule has 0 unspecified atom stereocenters. The lowest BCUT2D eigenvalue weighted by atomic mass is 10.0. The lowest BCUT2D eigenvalue weighted by Gasteiger charge is -2.07. The summed E-state index contributed by atoms with van der Waals surface area (Å²) in [6, 6.07) is 0. The summed E-state index contributed by atoms with van der Waals surface area (Å²) >= 11 is 0. The topological polar surface area (TPSA) is 52.6 Å². The van der Waals surface area contributed by atoms with Crippen molar-refractivity contribution in [3.05, 3.63) is 0 Å².